The van der Waals surface area contributed by atoms with Crippen LogP contribution in [-0.2, 0) is 10.2 Å². The molecule has 146 valence electrons. The summed E-state index contributed by atoms with van der Waals surface area (Å²) in [5.74, 6) is 0.857. The molecule has 28 heavy (non-hydrogen) atoms. The molecule has 0 bridgehead atoms. The Labute approximate surface area is 165 Å². The lowest BCUT2D eigenvalue weighted by atomic mass is 9.73. The van der Waals surface area contributed by atoms with Crippen LogP contribution in [-0.4, -0.2) is 35.8 Å². The van der Waals surface area contributed by atoms with Crippen LogP contribution in [0, 0.1) is 0 Å². The van der Waals surface area contributed by atoms with E-state index in [-0.39, 0.29) is 23.1 Å². The Morgan fingerprint density at radius 3 is 2.61 bits per heavy atom. The van der Waals surface area contributed by atoms with E-state index in [1.807, 2.05) is 4.90 Å². The molecule has 3 aliphatic rings. The van der Waals surface area contributed by atoms with Crippen LogP contribution in [0.15, 0.2) is 47.1 Å². The molecule has 1 saturated carbocycles. The van der Waals surface area contributed by atoms with Gasteiger partial charge in [0.25, 0.3) is 5.91 Å². The molecule has 5 nitrogen and oxygen atoms in total. The molecule has 2 heterocycles. The maximum absolute atomic E-state index is 12.6. The Morgan fingerprint density at radius 1 is 1.11 bits per heavy atom. The fourth-order valence-corrected chi connectivity index (χ4v) is 5.12. The number of furan rings is 1. The van der Waals surface area contributed by atoms with E-state index < -0.39 is 0 Å². The van der Waals surface area contributed by atoms with Gasteiger partial charge in [0.2, 0.25) is 5.91 Å². The highest BCUT2D eigenvalue weighted by atomic mass is 16.3. The summed E-state index contributed by atoms with van der Waals surface area (Å²) in [4.78, 5) is 26.9. The summed E-state index contributed by atoms with van der Waals surface area (Å²) >= 11 is 0. The molecule has 2 fully saturated rings. The van der Waals surface area contributed by atoms with Crippen molar-refractivity contribution in [3.8, 4) is 0 Å². The number of nitrogens with one attached hydrogen (secondary N) is 1. The van der Waals surface area contributed by atoms with Crippen LogP contribution in [0.2, 0.25) is 0 Å². The van der Waals surface area contributed by atoms with Crippen molar-refractivity contribution in [2.75, 3.05) is 13.1 Å². The molecule has 2 amide bonds. The minimum atomic E-state index is -0.0218. The molecule has 1 aromatic carbocycles. The van der Waals surface area contributed by atoms with Crippen molar-refractivity contribution in [3.63, 3.8) is 0 Å². The highest BCUT2D eigenvalue weighted by Gasteiger charge is 2.46. The first-order valence-corrected chi connectivity index (χ1v) is 10.4. The van der Waals surface area contributed by atoms with Crippen LogP contribution in [0.5, 0.6) is 0 Å². The molecule has 5 heteroatoms. The molecule has 1 N–H and O–H groups in total. The van der Waals surface area contributed by atoms with Crippen LogP contribution in [0.1, 0.15) is 66.1 Å². The number of carbonyl (C=O) groups is 2. The van der Waals surface area contributed by atoms with Crippen molar-refractivity contribution in [2.24, 2.45) is 0 Å². The van der Waals surface area contributed by atoms with Crippen molar-refractivity contribution in [2.45, 2.75) is 55.9 Å². The largest absolute Gasteiger partial charge is 0.459 e. The lowest BCUT2D eigenvalue weighted by molar-refractivity contribution is -0.121. The van der Waals surface area contributed by atoms with E-state index in [9.17, 15) is 9.59 Å². The maximum Gasteiger partial charge on any atom is 0.289 e. The Bertz CT molecular complexity index is 877. The average molecular weight is 378 g/mol. The van der Waals surface area contributed by atoms with Crippen LogP contribution in [0.25, 0.3) is 0 Å². The number of nitrogens with zero attached hydrogens (tertiary/aromatic N) is 1. The van der Waals surface area contributed by atoms with Gasteiger partial charge in [0.15, 0.2) is 5.76 Å². The molecule has 1 aliphatic heterocycles. The second kappa shape index (κ2) is 6.80. The lowest BCUT2D eigenvalue weighted by Crippen LogP contribution is -2.44. The quantitative estimate of drug-likeness (QED) is 0.884. The normalized spacial score (nSPS) is 22.9. The highest BCUT2D eigenvalue weighted by molar-refractivity contribution is 5.91. The van der Waals surface area contributed by atoms with Crippen molar-refractivity contribution in [1.82, 2.24) is 10.2 Å². The monoisotopic (exact) mass is 378 g/mol. The van der Waals surface area contributed by atoms with E-state index in [1.54, 1.807) is 18.4 Å². The first-order chi connectivity index (χ1) is 13.6. The number of carbonyl (C=O) groups excluding carboxylic acids is 2. The third-order valence-electron chi connectivity index (χ3n) is 6.72. The standard InChI is InChI=1S/C23H26N2O3/c26-21(24-17-7-8-17)14-16-15-23(19-5-2-1-4-18(16)19)9-11-25(12-10-23)22(27)20-6-3-13-28-20/h1-6,13,16-17H,7-12,14-15H2,(H,24,26). The molecule has 2 aromatic rings. The van der Waals surface area contributed by atoms with Crippen molar-refractivity contribution >= 4 is 11.8 Å². The van der Waals surface area contributed by atoms with Crippen LogP contribution in [0.3, 0.4) is 0 Å². The van der Waals surface area contributed by atoms with Gasteiger partial charge in [-0.25, -0.2) is 0 Å². The van der Waals surface area contributed by atoms with Crippen LogP contribution >= 0.6 is 0 Å². The van der Waals surface area contributed by atoms with Gasteiger partial charge >= 0.3 is 0 Å². The molecule has 1 saturated heterocycles. The van der Waals surface area contributed by atoms with Gasteiger partial charge in [0.1, 0.15) is 0 Å². The summed E-state index contributed by atoms with van der Waals surface area (Å²) in [5, 5.41) is 3.14. The molecule has 1 unspecified atom stereocenters. The van der Waals surface area contributed by atoms with E-state index in [1.165, 1.54) is 11.1 Å². The van der Waals surface area contributed by atoms with E-state index in [0.29, 0.717) is 18.2 Å². The molecular formula is C23H26N2O3. The van der Waals surface area contributed by atoms with Gasteiger partial charge in [-0.15, -0.1) is 0 Å². The number of hydrogen-bond acceptors (Lipinski definition) is 3. The number of amides is 2. The van der Waals surface area contributed by atoms with Gasteiger partial charge in [-0.3, -0.25) is 9.59 Å². The van der Waals surface area contributed by atoms with Gasteiger partial charge in [-0.05, 0) is 66.7 Å². The molecule has 0 radical (unpaired) electrons. The molecule has 5 rings (SSSR count). The Morgan fingerprint density at radius 2 is 1.89 bits per heavy atom. The van der Waals surface area contributed by atoms with Crippen molar-refractivity contribution in [3.05, 3.63) is 59.5 Å². The minimum Gasteiger partial charge on any atom is -0.459 e. The van der Waals surface area contributed by atoms with Crippen LogP contribution in [0.4, 0.5) is 0 Å². The first-order valence-electron chi connectivity index (χ1n) is 10.4. The predicted molar refractivity (Wildman–Crippen MR) is 105 cm³/mol. The molecular weight excluding hydrogens is 352 g/mol. The van der Waals surface area contributed by atoms with Gasteiger partial charge < -0.3 is 14.6 Å². The second-order valence-electron chi connectivity index (χ2n) is 8.58. The summed E-state index contributed by atoms with van der Waals surface area (Å²) in [5.41, 5.74) is 2.81. The van der Waals surface area contributed by atoms with Gasteiger partial charge in [-0.2, -0.15) is 0 Å². The number of hydrogen-bond donors (Lipinski definition) is 1. The minimum absolute atomic E-state index is 0.0218. The maximum atomic E-state index is 12.6. The zero-order valence-electron chi connectivity index (χ0n) is 16.0. The van der Waals surface area contributed by atoms with Gasteiger partial charge in [0, 0.05) is 25.6 Å². The molecule has 2 aliphatic carbocycles. The molecule has 1 aromatic heterocycles. The third kappa shape index (κ3) is 3.13. The second-order valence-corrected chi connectivity index (χ2v) is 8.58. The number of fused-ring (bicyclic) bond motifs is 2. The number of benzene rings is 1. The average Bonchev–Trinajstić information content (AvgIpc) is 3.25. The van der Waals surface area contributed by atoms with E-state index in [4.69, 9.17) is 4.42 Å². The SMILES string of the molecule is O=C(CC1CC2(CCN(C(=O)c3ccco3)CC2)c2ccccc21)NC1CC1. The summed E-state index contributed by atoms with van der Waals surface area (Å²) < 4.78 is 5.28. The summed E-state index contributed by atoms with van der Waals surface area (Å²) in [6, 6.07) is 12.5. The summed E-state index contributed by atoms with van der Waals surface area (Å²) in [7, 11) is 0. The topological polar surface area (TPSA) is 62.6 Å². The van der Waals surface area contributed by atoms with Crippen LogP contribution < -0.4 is 5.32 Å². The Hall–Kier alpha value is -2.56. The third-order valence-corrected chi connectivity index (χ3v) is 6.72. The zero-order chi connectivity index (χ0) is 19.1. The van der Waals surface area contributed by atoms with E-state index in [0.717, 1.165) is 45.2 Å². The first kappa shape index (κ1) is 17.5. The van der Waals surface area contributed by atoms with Gasteiger partial charge in [-0.1, -0.05) is 24.3 Å². The number of rotatable bonds is 4. The lowest BCUT2D eigenvalue weighted by Gasteiger charge is -2.40. The van der Waals surface area contributed by atoms with Crippen molar-refractivity contribution < 1.29 is 14.0 Å². The number of likely N-dealkylation sites (tertiary alicyclic amines) is 1. The summed E-state index contributed by atoms with van der Waals surface area (Å²) in [6.07, 6.45) is 7.25. The van der Waals surface area contributed by atoms with Gasteiger partial charge in [0.05, 0.1) is 6.26 Å². The van der Waals surface area contributed by atoms with Crippen molar-refractivity contribution in [1.29, 1.82) is 0 Å². The molecule has 1 spiro atoms. The fraction of sp³-hybridized carbons (Fsp3) is 0.478. The highest BCUT2D eigenvalue weighted by Crippen LogP contribution is 2.52. The Kier molecular flexibility index (Phi) is 4.26. The smallest absolute Gasteiger partial charge is 0.289 e. The van der Waals surface area contributed by atoms with E-state index in [2.05, 4.69) is 29.6 Å². The van der Waals surface area contributed by atoms with E-state index >= 15 is 0 Å². The fourth-order valence-electron chi connectivity index (χ4n) is 5.12. The predicted octanol–water partition coefficient (Wildman–Crippen LogP) is 3.61. The number of piperidine rings is 1. The summed E-state index contributed by atoms with van der Waals surface area (Å²) in [6.45, 7) is 1.46. The zero-order valence-corrected chi connectivity index (χ0v) is 16.0. The molecule has 1 atom stereocenters. The Balaban J connectivity index is 1.31.